The average Bonchev–Trinajstić information content (AvgIpc) is 3.19. The van der Waals surface area contributed by atoms with Gasteiger partial charge in [-0.25, -0.2) is 13.2 Å². The fourth-order valence-electron chi connectivity index (χ4n) is 1.93. The summed E-state index contributed by atoms with van der Waals surface area (Å²) in [5.74, 6) is -1.12. The van der Waals surface area contributed by atoms with Gasteiger partial charge >= 0.3 is 5.97 Å². The number of hydrogen-bond acceptors (Lipinski definition) is 4. The van der Waals surface area contributed by atoms with Crippen molar-refractivity contribution in [3.63, 3.8) is 0 Å². The molecule has 1 saturated carbocycles. The van der Waals surface area contributed by atoms with Gasteiger partial charge in [-0.1, -0.05) is 0 Å². The predicted molar refractivity (Wildman–Crippen MR) is 75.1 cm³/mol. The molecule has 1 aliphatic carbocycles. The molecule has 8 heteroatoms. The van der Waals surface area contributed by atoms with Crippen molar-refractivity contribution >= 4 is 31.9 Å². The first-order valence-corrected chi connectivity index (χ1v) is 8.26. The Balaban J connectivity index is 2.40. The van der Waals surface area contributed by atoms with E-state index in [2.05, 4.69) is 15.9 Å². The lowest BCUT2D eigenvalue weighted by molar-refractivity contribution is 0.0696. The highest BCUT2D eigenvalue weighted by Gasteiger charge is 2.38. The minimum Gasteiger partial charge on any atom is -0.478 e. The lowest BCUT2D eigenvalue weighted by atomic mass is 10.2. The number of aliphatic hydroxyl groups excluding tert-OH is 1. The Hall–Kier alpha value is -0.960. The molecule has 20 heavy (non-hydrogen) atoms. The molecule has 6 nitrogen and oxygen atoms in total. The highest BCUT2D eigenvalue weighted by molar-refractivity contribution is 9.10. The smallest absolute Gasteiger partial charge is 0.335 e. The monoisotopic (exact) mass is 363 g/mol. The van der Waals surface area contributed by atoms with Gasteiger partial charge in [0.15, 0.2) is 0 Å². The Morgan fingerprint density at radius 2 is 2.05 bits per heavy atom. The van der Waals surface area contributed by atoms with E-state index in [0.717, 1.165) is 12.8 Å². The zero-order chi connectivity index (χ0) is 14.9. The van der Waals surface area contributed by atoms with Crippen molar-refractivity contribution < 1.29 is 23.4 Å². The molecule has 0 saturated heterocycles. The van der Waals surface area contributed by atoms with E-state index in [1.54, 1.807) is 0 Å². The normalized spacial score (nSPS) is 15.6. The molecule has 1 fully saturated rings. The van der Waals surface area contributed by atoms with Crippen LogP contribution < -0.4 is 0 Å². The van der Waals surface area contributed by atoms with E-state index >= 15 is 0 Å². The van der Waals surface area contributed by atoms with Crippen molar-refractivity contribution in [3.05, 3.63) is 28.2 Å². The Bertz CT molecular complexity index is 627. The largest absolute Gasteiger partial charge is 0.478 e. The third kappa shape index (κ3) is 3.03. The van der Waals surface area contributed by atoms with Crippen LogP contribution in [0.2, 0.25) is 0 Å². The van der Waals surface area contributed by atoms with E-state index in [-0.39, 0.29) is 34.1 Å². The number of carboxylic acids is 1. The molecule has 110 valence electrons. The zero-order valence-electron chi connectivity index (χ0n) is 10.5. The van der Waals surface area contributed by atoms with Gasteiger partial charge in [-0.3, -0.25) is 0 Å². The minimum atomic E-state index is -3.74. The average molecular weight is 364 g/mol. The number of halogens is 1. The summed E-state index contributed by atoms with van der Waals surface area (Å²) < 4.78 is 26.6. The van der Waals surface area contributed by atoms with Gasteiger partial charge in [-0.05, 0) is 47.0 Å². The molecule has 0 aromatic heterocycles. The van der Waals surface area contributed by atoms with Crippen LogP contribution in [0.5, 0.6) is 0 Å². The first-order chi connectivity index (χ1) is 9.37. The molecule has 0 bridgehead atoms. The summed E-state index contributed by atoms with van der Waals surface area (Å²) in [5, 5.41) is 17.9. The number of rotatable bonds is 6. The fraction of sp³-hybridized carbons (Fsp3) is 0.417. The summed E-state index contributed by atoms with van der Waals surface area (Å²) in [6.07, 6.45) is 1.56. The number of aliphatic hydroxyl groups is 1. The lowest BCUT2D eigenvalue weighted by Crippen LogP contribution is -2.35. The fourth-order valence-corrected chi connectivity index (χ4v) is 4.65. The standard InChI is InChI=1S/C12H14BrNO5S/c13-10-7-8(12(16)17)1-4-11(10)20(18,19)14(5-6-15)9-2-3-9/h1,4,7,9,15H,2-3,5-6H2,(H,16,17). The summed E-state index contributed by atoms with van der Waals surface area (Å²) in [6.45, 7) is -0.208. The summed E-state index contributed by atoms with van der Waals surface area (Å²) in [6, 6.07) is 3.72. The molecule has 0 spiro atoms. The maximum Gasteiger partial charge on any atom is 0.335 e. The van der Waals surface area contributed by atoms with Crippen molar-refractivity contribution in [2.24, 2.45) is 0 Å². The van der Waals surface area contributed by atoms with E-state index in [0.29, 0.717) is 0 Å². The molecule has 1 aliphatic rings. The Morgan fingerprint density at radius 3 is 2.50 bits per heavy atom. The molecule has 2 rings (SSSR count). The molecule has 0 amide bonds. The minimum absolute atomic E-state index is 0.0101. The highest BCUT2D eigenvalue weighted by atomic mass is 79.9. The first-order valence-electron chi connectivity index (χ1n) is 6.03. The lowest BCUT2D eigenvalue weighted by Gasteiger charge is -2.21. The van der Waals surface area contributed by atoms with Gasteiger partial charge in [0.25, 0.3) is 0 Å². The highest BCUT2D eigenvalue weighted by Crippen LogP contribution is 2.34. The van der Waals surface area contributed by atoms with Crippen molar-refractivity contribution in [3.8, 4) is 0 Å². The van der Waals surface area contributed by atoms with E-state index in [1.807, 2.05) is 0 Å². The van der Waals surface area contributed by atoms with Crippen molar-refractivity contribution in [1.29, 1.82) is 0 Å². The topological polar surface area (TPSA) is 94.9 Å². The molecule has 1 aromatic rings. The first kappa shape index (κ1) is 15.4. The van der Waals surface area contributed by atoms with Crippen LogP contribution >= 0.6 is 15.9 Å². The van der Waals surface area contributed by atoms with E-state index in [4.69, 9.17) is 10.2 Å². The van der Waals surface area contributed by atoms with Crippen molar-refractivity contribution in [1.82, 2.24) is 4.31 Å². The summed E-state index contributed by atoms with van der Waals surface area (Å²) in [7, 11) is -3.74. The predicted octanol–water partition coefficient (Wildman–Crippen LogP) is 1.29. The van der Waals surface area contributed by atoms with Crippen LogP contribution in [-0.2, 0) is 10.0 Å². The molecular formula is C12H14BrNO5S. The van der Waals surface area contributed by atoms with Gasteiger partial charge in [0.1, 0.15) is 0 Å². The quantitative estimate of drug-likeness (QED) is 0.793. The second-order valence-corrected chi connectivity index (χ2v) is 7.23. The summed E-state index contributed by atoms with van der Waals surface area (Å²) >= 11 is 3.11. The van der Waals surface area contributed by atoms with Crippen molar-refractivity contribution in [2.75, 3.05) is 13.2 Å². The Kier molecular flexibility index (Phi) is 4.48. The molecule has 0 aliphatic heterocycles. The third-order valence-electron chi connectivity index (χ3n) is 3.04. The van der Waals surface area contributed by atoms with Crippen LogP contribution in [-0.4, -0.2) is 48.1 Å². The van der Waals surface area contributed by atoms with Crippen LogP contribution in [0.15, 0.2) is 27.6 Å². The number of carbonyl (C=O) groups is 1. The second-order valence-electron chi connectivity index (χ2n) is 4.52. The van der Waals surface area contributed by atoms with Gasteiger partial charge < -0.3 is 10.2 Å². The van der Waals surface area contributed by atoms with Crippen LogP contribution in [0.3, 0.4) is 0 Å². The van der Waals surface area contributed by atoms with Crippen LogP contribution in [0.1, 0.15) is 23.2 Å². The number of nitrogens with zero attached hydrogens (tertiary/aromatic N) is 1. The van der Waals surface area contributed by atoms with Gasteiger partial charge in [0, 0.05) is 17.1 Å². The molecular weight excluding hydrogens is 350 g/mol. The molecule has 0 heterocycles. The Labute approximate surface area is 125 Å². The zero-order valence-corrected chi connectivity index (χ0v) is 12.9. The molecule has 0 radical (unpaired) electrons. The van der Waals surface area contributed by atoms with Gasteiger partial charge in [0.2, 0.25) is 10.0 Å². The molecule has 1 aromatic carbocycles. The summed E-state index contributed by atoms with van der Waals surface area (Å²) in [4.78, 5) is 10.9. The van der Waals surface area contributed by atoms with Crippen LogP contribution in [0.4, 0.5) is 0 Å². The van der Waals surface area contributed by atoms with Crippen molar-refractivity contribution in [2.45, 2.75) is 23.8 Å². The molecule has 2 N–H and O–H groups in total. The Morgan fingerprint density at radius 1 is 1.40 bits per heavy atom. The number of carboxylic acid groups (broad SMARTS) is 1. The van der Waals surface area contributed by atoms with E-state index in [9.17, 15) is 13.2 Å². The number of benzene rings is 1. The van der Waals surface area contributed by atoms with E-state index in [1.165, 1.54) is 22.5 Å². The van der Waals surface area contributed by atoms with Gasteiger partial charge in [-0.2, -0.15) is 4.31 Å². The maximum atomic E-state index is 12.5. The molecule has 0 atom stereocenters. The number of sulfonamides is 1. The van der Waals surface area contributed by atoms with Crippen LogP contribution in [0, 0.1) is 0 Å². The number of hydrogen-bond donors (Lipinski definition) is 2. The van der Waals surface area contributed by atoms with Gasteiger partial charge in [-0.15, -0.1) is 0 Å². The SMILES string of the molecule is O=C(O)c1ccc(S(=O)(=O)N(CCO)C2CC2)c(Br)c1. The summed E-state index contributed by atoms with van der Waals surface area (Å²) in [5.41, 5.74) is 0.0101. The second kappa shape index (κ2) is 5.80. The maximum absolute atomic E-state index is 12.5. The van der Waals surface area contributed by atoms with Gasteiger partial charge in [0.05, 0.1) is 17.1 Å². The van der Waals surface area contributed by atoms with E-state index < -0.39 is 16.0 Å². The van der Waals surface area contributed by atoms with Crippen LogP contribution in [0.25, 0.3) is 0 Å². The number of aromatic carboxylic acids is 1. The molecule has 0 unspecified atom stereocenters. The third-order valence-corrected chi connectivity index (χ3v) is 5.97.